The van der Waals surface area contributed by atoms with Crippen molar-refractivity contribution in [2.24, 2.45) is 22.4 Å². The average Bonchev–Trinajstić information content (AvgIpc) is 2.85. The van der Waals surface area contributed by atoms with Crippen molar-refractivity contribution in [2.75, 3.05) is 27.2 Å². The number of hydrogen-bond donors (Lipinski definition) is 4. The van der Waals surface area contributed by atoms with Gasteiger partial charge < -0.3 is 20.4 Å². The van der Waals surface area contributed by atoms with E-state index in [0.717, 1.165) is 32.1 Å². The molecule has 2 aliphatic carbocycles. The van der Waals surface area contributed by atoms with Gasteiger partial charge in [0.1, 0.15) is 0 Å². The molecule has 0 heterocycles. The van der Waals surface area contributed by atoms with Crippen molar-refractivity contribution in [3.05, 3.63) is 12.2 Å². The van der Waals surface area contributed by atoms with Crippen molar-refractivity contribution in [3.8, 4) is 0 Å². The molecular weight excluding hydrogens is 318 g/mol. The summed E-state index contributed by atoms with van der Waals surface area (Å²) in [5, 5.41) is 30.5. The van der Waals surface area contributed by atoms with Crippen LogP contribution in [0.4, 0.5) is 0 Å². The Hall–Kier alpha value is -0.950. The summed E-state index contributed by atoms with van der Waals surface area (Å²) >= 11 is 0. The van der Waals surface area contributed by atoms with E-state index in [1.54, 1.807) is 0 Å². The minimum Gasteiger partial charge on any atom is -0.396 e. The van der Waals surface area contributed by atoms with Crippen LogP contribution >= 0.6 is 0 Å². The first-order valence-corrected chi connectivity index (χ1v) is 9.50. The van der Waals surface area contributed by atoms with Crippen LogP contribution in [0, 0.1) is 17.3 Å². The molecule has 0 aromatic carbocycles. The third kappa shape index (κ3) is 4.61. The molecule has 2 aliphatic rings. The topological polar surface area (TPSA) is 86.1 Å². The van der Waals surface area contributed by atoms with Gasteiger partial charge in [-0.05, 0) is 58.5 Å². The van der Waals surface area contributed by atoms with Gasteiger partial charge in [0, 0.05) is 30.7 Å². The molecule has 2 rings (SSSR count). The molecule has 2 fully saturated rings. The lowest BCUT2D eigenvalue weighted by atomic mass is 9.60. The van der Waals surface area contributed by atoms with Gasteiger partial charge in [0.15, 0.2) is 6.23 Å². The molecule has 0 aromatic heterocycles. The molecule has 144 valence electrons. The Kier molecular flexibility index (Phi) is 7.43. The molecule has 0 saturated heterocycles. The van der Waals surface area contributed by atoms with E-state index < -0.39 is 5.60 Å². The fraction of sp³-hybridized carbons (Fsp3) is 0.842. The molecule has 6 nitrogen and oxygen atoms in total. The largest absolute Gasteiger partial charge is 0.396 e. The van der Waals surface area contributed by atoms with Crippen LogP contribution in [-0.2, 0) is 4.84 Å². The number of rotatable bonds is 9. The van der Waals surface area contributed by atoms with Crippen LogP contribution in [-0.4, -0.2) is 55.5 Å². The first-order chi connectivity index (χ1) is 12.0. The Balaban J connectivity index is 1.97. The molecule has 25 heavy (non-hydrogen) atoms. The summed E-state index contributed by atoms with van der Waals surface area (Å²) in [6.45, 7) is 3.07. The van der Waals surface area contributed by atoms with Crippen molar-refractivity contribution >= 4 is 6.21 Å². The van der Waals surface area contributed by atoms with Crippen LogP contribution in [0.3, 0.4) is 0 Å². The number of fused-ring (bicyclic) bond motifs is 1. The SMILES string of the molecule is CNCC(NC)ON=C[C@H]1CC[C@]2(O)C[C@@H](/C=C/CCO)CC[C@]12C. The summed E-state index contributed by atoms with van der Waals surface area (Å²) in [7, 11) is 3.72. The predicted octanol–water partition coefficient (Wildman–Crippen LogP) is 1.64. The number of oxime groups is 1. The van der Waals surface area contributed by atoms with Crippen LogP contribution in [0.1, 0.15) is 45.4 Å². The van der Waals surface area contributed by atoms with Crippen molar-refractivity contribution < 1.29 is 15.1 Å². The second-order valence-electron chi connectivity index (χ2n) is 7.73. The first kappa shape index (κ1) is 20.4. The van der Waals surface area contributed by atoms with E-state index in [4.69, 9.17) is 9.94 Å². The lowest BCUT2D eigenvalue weighted by molar-refractivity contribution is -0.100. The number of aliphatic hydroxyl groups excluding tert-OH is 1. The molecule has 0 aromatic rings. The van der Waals surface area contributed by atoms with Gasteiger partial charge in [-0.25, -0.2) is 0 Å². The van der Waals surface area contributed by atoms with Crippen molar-refractivity contribution in [2.45, 2.75) is 57.3 Å². The van der Waals surface area contributed by atoms with E-state index in [1.807, 2.05) is 26.4 Å². The normalized spacial score (nSPS) is 36.8. The maximum Gasteiger partial charge on any atom is 0.190 e. The highest BCUT2D eigenvalue weighted by Gasteiger charge is 2.58. The molecule has 0 bridgehead atoms. The number of allylic oxidation sites excluding steroid dienone is 1. The summed E-state index contributed by atoms with van der Waals surface area (Å²) < 4.78 is 0. The molecular formula is C19H35N3O3. The van der Waals surface area contributed by atoms with Crippen molar-refractivity contribution in [3.63, 3.8) is 0 Å². The van der Waals surface area contributed by atoms with E-state index in [-0.39, 0.29) is 24.2 Å². The molecule has 5 atom stereocenters. The molecule has 0 amide bonds. The van der Waals surface area contributed by atoms with Crippen LogP contribution in [0.15, 0.2) is 17.3 Å². The van der Waals surface area contributed by atoms with E-state index in [0.29, 0.717) is 18.9 Å². The second kappa shape index (κ2) is 9.12. The number of nitrogens with zero attached hydrogens (tertiary/aromatic N) is 1. The molecule has 0 spiro atoms. The highest BCUT2D eigenvalue weighted by Crippen LogP contribution is 2.58. The zero-order chi connectivity index (χ0) is 18.3. The van der Waals surface area contributed by atoms with Crippen LogP contribution in [0.25, 0.3) is 0 Å². The highest BCUT2D eigenvalue weighted by molar-refractivity contribution is 5.62. The predicted molar refractivity (Wildman–Crippen MR) is 100 cm³/mol. The van der Waals surface area contributed by atoms with Crippen molar-refractivity contribution in [1.29, 1.82) is 0 Å². The van der Waals surface area contributed by atoms with Gasteiger partial charge in [-0.1, -0.05) is 24.2 Å². The second-order valence-corrected chi connectivity index (χ2v) is 7.73. The van der Waals surface area contributed by atoms with Crippen LogP contribution in [0.2, 0.25) is 0 Å². The third-order valence-electron chi connectivity index (χ3n) is 6.23. The van der Waals surface area contributed by atoms with E-state index in [2.05, 4.69) is 28.8 Å². The van der Waals surface area contributed by atoms with Gasteiger partial charge in [0.25, 0.3) is 0 Å². The molecule has 4 N–H and O–H groups in total. The van der Waals surface area contributed by atoms with Gasteiger partial charge in [-0.3, -0.25) is 5.32 Å². The maximum absolute atomic E-state index is 11.3. The van der Waals surface area contributed by atoms with Gasteiger partial charge in [0.2, 0.25) is 0 Å². The standard InChI is InChI=1S/C19H35N3O3/c1-18-9-7-15(6-4-5-11-23)12-19(18,24)10-8-16(18)13-22-25-17(21-3)14-20-2/h4,6,13,15-17,20-21,23-24H,5,7-12,14H2,1-3H3/b6-4+,22-13?/t15-,16+,17?,18+,19-/m0/s1. The number of likely N-dealkylation sites (N-methyl/N-ethyl adjacent to an activating group) is 2. The summed E-state index contributed by atoms with van der Waals surface area (Å²) in [6, 6.07) is 0. The summed E-state index contributed by atoms with van der Waals surface area (Å²) in [4.78, 5) is 5.52. The number of hydrogen-bond acceptors (Lipinski definition) is 6. The van der Waals surface area contributed by atoms with Gasteiger partial charge in [-0.2, -0.15) is 0 Å². The third-order valence-corrected chi connectivity index (χ3v) is 6.23. The van der Waals surface area contributed by atoms with Gasteiger partial charge in [-0.15, -0.1) is 0 Å². The lowest BCUT2D eigenvalue weighted by Gasteiger charge is -2.48. The monoisotopic (exact) mass is 353 g/mol. The molecule has 0 aliphatic heterocycles. The fourth-order valence-corrected chi connectivity index (χ4v) is 4.44. The van der Waals surface area contributed by atoms with E-state index >= 15 is 0 Å². The molecule has 1 unspecified atom stereocenters. The summed E-state index contributed by atoms with van der Waals surface area (Å²) in [5.74, 6) is 0.646. The Morgan fingerprint density at radius 1 is 1.32 bits per heavy atom. The number of aliphatic hydroxyl groups is 2. The Morgan fingerprint density at radius 2 is 2.12 bits per heavy atom. The van der Waals surface area contributed by atoms with Crippen molar-refractivity contribution in [1.82, 2.24) is 10.6 Å². The fourth-order valence-electron chi connectivity index (χ4n) is 4.44. The molecule has 0 radical (unpaired) electrons. The summed E-state index contributed by atoms with van der Waals surface area (Å²) in [6.07, 6.45) is 11.3. The molecule has 2 saturated carbocycles. The zero-order valence-electron chi connectivity index (χ0n) is 15.9. The van der Waals surface area contributed by atoms with Crippen LogP contribution in [0.5, 0.6) is 0 Å². The zero-order valence-corrected chi connectivity index (χ0v) is 15.9. The Bertz CT molecular complexity index is 471. The van der Waals surface area contributed by atoms with E-state index in [1.165, 1.54) is 0 Å². The van der Waals surface area contributed by atoms with E-state index in [9.17, 15) is 5.11 Å². The minimum atomic E-state index is -0.635. The minimum absolute atomic E-state index is 0.140. The lowest BCUT2D eigenvalue weighted by Crippen LogP contribution is -2.49. The molecule has 6 heteroatoms. The number of nitrogens with one attached hydrogen (secondary N) is 2. The van der Waals surface area contributed by atoms with Crippen LogP contribution < -0.4 is 10.6 Å². The quantitative estimate of drug-likeness (QED) is 0.219. The maximum atomic E-state index is 11.3. The highest BCUT2D eigenvalue weighted by atomic mass is 16.6. The van der Waals surface area contributed by atoms with Gasteiger partial charge in [0.05, 0.1) is 5.60 Å². The Morgan fingerprint density at radius 3 is 2.80 bits per heavy atom. The summed E-state index contributed by atoms with van der Waals surface area (Å²) in [5.41, 5.74) is -0.775. The first-order valence-electron chi connectivity index (χ1n) is 9.50. The smallest absolute Gasteiger partial charge is 0.190 e. The average molecular weight is 354 g/mol. The van der Waals surface area contributed by atoms with Gasteiger partial charge >= 0.3 is 0 Å². The Labute approximate surface area is 151 Å².